The second kappa shape index (κ2) is 11.8. The highest BCUT2D eigenvalue weighted by atomic mass is 19.1. The summed E-state index contributed by atoms with van der Waals surface area (Å²) in [6, 6.07) is 19.9. The van der Waals surface area contributed by atoms with Crippen LogP contribution in [0.5, 0.6) is 5.75 Å². The number of carbonyl (C=O) groups excluding carboxylic acids is 3. The molecule has 1 aromatic heterocycles. The summed E-state index contributed by atoms with van der Waals surface area (Å²) in [6.45, 7) is 3.88. The van der Waals surface area contributed by atoms with Gasteiger partial charge < -0.3 is 19.4 Å². The molecule has 0 fully saturated rings. The molecule has 8 heteroatoms. The summed E-state index contributed by atoms with van der Waals surface area (Å²) >= 11 is 0. The molecule has 0 bridgehead atoms. The average molecular weight is 529 g/mol. The number of esters is 1. The molecule has 0 radical (unpaired) electrons. The van der Waals surface area contributed by atoms with E-state index in [1.165, 1.54) is 26.4 Å². The van der Waals surface area contributed by atoms with Crippen molar-refractivity contribution in [1.29, 1.82) is 0 Å². The van der Waals surface area contributed by atoms with Crippen LogP contribution in [0.2, 0.25) is 0 Å². The highest BCUT2D eigenvalue weighted by Gasteiger charge is 2.30. The molecule has 0 aliphatic carbocycles. The zero-order valence-corrected chi connectivity index (χ0v) is 22.2. The third-order valence-corrected chi connectivity index (χ3v) is 6.40. The van der Waals surface area contributed by atoms with Crippen LogP contribution in [0.25, 0.3) is 22.3 Å². The zero-order chi connectivity index (χ0) is 28.1. The first-order valence-corrected chi connectivity index (χ1v) is 12.4. The van der Waals surface area contributed by atoms with Crippen molar-refractivity contribution in [2.24, 2.45) is 0 Å². The van der Waals surface area contributed by atoms with Gasteiger partial charge in [0.25, 0.3) is 5.91 Å². The molecule has 4 aromatic rings. The maximum atomic E-state index is 13.9. The first-order valence-electron chi connectivity index (χ1n) is 12.4. The summed E-state index contributed by atoms with van der Waals surface area (Å²) < 4.78 is 25.6. The van der Waals surface area contributed by atoms with Gasteiger partial charge in [0.05, 0.1) is 19.9 Å². The third kappa shape index (κ3) is 5.45. The number of hydrogen-bond acceptors (Lipinski definition) is 5. The fraction of sp³-hybridized carbons (Fsp3) is 0.194. The maximum Gasteiger partial charge on any atom is 0.341 e. The zero-order valence-electron chi connectivity index (χ0n) is 22.2. The molecule has 0 atom stereocenters. The molecule has 0 unspecified atom stereocenters. The van der Waals surface area contributed by atoms with Crippen molar-refractivity contribution in [3.63, 3.8) is 0 Å². The van der Waals surface area contributed by atoms with Crippen molar-refractivity contribution in [2.75, 3.05) is 14.2 Å². The van der Waals surface area contributed by atoms with Crippen LogP contribution in [0.3, 0.4) is 0 Å². The van der Waals surface area contributed by atoms with Gasteiger partial charge in [0.2, 0.25) is 0 Å². The highest BCUT2D eigenvalue weighted by molar-refractivity contribution is 6.08. The Morgan fingerprint density at radius 2 is 1.62 bits per heavy atom. The van der Waals surface area contributed by atoms with E-state index in [9.17, 15) is 18.8 Å². The van der Waals surface area contributed by atoms with Crippen LogP contribution in [0.4, 0.5) is 4.39 Å². The lowest BCUT2D eigenvalue weighted by molar-refractivity contribution is 0.0596. The largest absolute Gasteiger partial charge is 0.496 e. The molecule has 200 valence electrons. The van der Waals surface area contributed by atoms with E-state index in [-0.39, 0.29) is 18.2 Å². The summed E-state index contributed by atoms with van der Waals surface area (Å²) in [7, 11) is 2.74. The normalized spacial score (nSPS) is 10.8. The summed E-state index contributed by atoms with van der Waals surface area (Å²) in [5, 5.41) is 2.94. The number of nitrogens with one attached hydrogen (secondary N) is 1. The van der Waals surface area contributed by atoms with E-state index >= 15 is 0 Å². The Labute approximate surface area is 226 Å². The van der Waals surface area contributed by atoms with Crippen molar-refractivity contribution in [3.8, 4) is 28.0 Å². The van der Waals surface area contributed by atoms with Gasteiger partial charge in [-0.3, -0.25) is 9.59 Å². The average Bonchev–Trinajstić information content (AvgIpc) is 3.32. The fourth-order valence-electron chi connectivity index (χ4n) is 4.68. The van der Waals surface area contributed by atoms with E-state index in [1.807, 2.05) is 44.2 Å². The summed E-state index contributed by atoms with van der Waals surface area (Å²) in [5.74, 6) is -1.01. The molecule has 1 N–H and O–H groups in total. The molecule has 7 nitrogen and oxygen atoms in total. The molecule has 0 aliphatic rings. The van der Waals surface area contributed by atoms with Gasteiger partial charge in [-0.05, 0) is 54.8 Å². The number of amides is 1. The van der Waals surface area contributed by atoms with Gasteiger partial charge in [0.15, 0.2) is 6.29 Å². The van der Waals surface area contributed by atoms with Crippen molar-refractivity contribution < 1.29 is 28.2 Å². The number of halogens is 1. The monoisotopic (exact) mass is 528 g/mol. The summed E-state index contributed by atoms with van der Waals surface area (Å²) in [5.41, 5.74) is 3.99. The standard InChI is InChI=1S/C31H29FN2O5/c1-19(2)34-25(18-35)27(22-11-13-23(32)14-12-22)28(21-8-6-5-7-9-21)29(34)30(36)33-17-20-10-15-26(38-3)24(16-20)31(37)39-4/h5-16,18-19H,17H2,1-4H3,(H,33,36). The lowest BCUT2D eigenvalue weighted by atomic mass is 9.94. The SMILES string of the molecule is COC(=O)c1cc(CNC(=O)c2c(-c3ccccc3)c(-c3ccc(F)cc3)c(C=O)n2C(C)C)ccc1OC. The summed E-state index contributed by atoms with van der Waals surface area (Å²) in [4.78, 5) is 38.6. The molecule has 0 aliphatic heterocycles. The number of aromatic nitrogens is 1. The van der Waals surface area contributed by atoms with E-state index in [0.29, 0.717) is 39.4 Å². The van der Waals surface area contributed by atoms with Crippen LogP contribution in [-0.2, 0) is 11.3 Å². The number of aldehydes is 1. The minimum Gasteiger partial charge on any atom is -0.496 e. The lowest BCUT2D eigenvalue weighted by Gasteiger charge is -2.16. The Morgan fingerprint density at radius 3 is 2.21 bits per heavy atom. The van der Waals surface area contributed by atoms with Crippen LogP contribution in [0, 0.1) is 5.82 Å². The molecule has 0 saturated carbocycles. The van der Waals surface area contributed by atoms with Gasteiger partial charge in [-0.25, -0.2) is 9.18 Å². The number of carbonyl (C=O) groups is 3. The highest BCUT2D eigenvalue weighted by Crippen LogP contribution is 2.41. The topological polar surface area (TPSA) is 86.6 Å². The van der Waals surface area contributed by atoms with E-state index in [0.717, 1.165) is 11.8 Å². The molecule has 1 heterocycles. The first kappa shape index (κ1) is 27.3. The third-order valence-electron chi connectivity index (χ3n) is 6.40. The lowest BCUT2D eigenvalue weighted by Crippen LogP contribution is -2.27. The van der Waals surface area contributed by atoms with Gasteiger partial charge in [-0.15, -0.1) is 0 Å². The number of hydrogen-bond donors (Lipinski definition) is 1. The maximum absolute atomic E-state index is 13.9. The van der Waals surface area contributed by atoms with E-state index in [4.69, 9.17) is 9.47 Å². The van der Waals surface area contributed by atoms with E-state index in [2.05, 4.69) is 5.32 Å². The number of nitrogens with zero attached hydrogens (tertiary/aromatic N) is 1. The van der Waals surface area contributed by atoms with Crippen LogP contribution in [0.1, 0.15) is 56.8 Å². The van der Waals surface area contributed by atoms with Gasteiger partial charge in [0, 0.05) is 23.7 Å². The van der Waals surface area contributed by atoms with Crippen molar-refractivity contribution in [3.05, 3.63) is 101 Å². The van der Waals surface area contributed by atoms with Crippen LogP contribution in [0.15, 0.2) is 72.8 Å². The van der Waals surface area contributed by atoms with Gasteiger partial charge >= 0.3 is 5.97 Å². The van der Waals surface area contributed by atoms with Crippen molar-refractivity contribution in [2.45, 2.75) is 26.4 Å². The Hall–Kier alpha value is -4.72. The Bertz CT molecular complexity index is 1510. The fourth-order valence-corrected chi connectivity index (χ4v) is 4.68. The van der Waals surface area contributed by atoms with Gasteiger partial charge in [-0.2, -0.15) is 0 Å². The summed E-state index contributed by atoms with van der Waals surface area (Å²) in [6.07, 6.45) is 0.730. The van der Waals surface area contributed by atoms with Crippen molar-refractivity contribution in [1.82, 2.24) is 9.88 Å². The predicted octanol–water partition coefficient (Wildman–Crippen LogP) is 6.08. The Balaban J connectivity index is 1.85. The minimum absolute atomic E-state index is 0.104. The molecular weight excluding hydrogens is 499 g/mol. The molecule has 0 saturated heterocycles. The minimum atomic E-state index is -0.556. The van der Waals surface area contributed by atoms with Crippen LogP contribution >= 0.6 is 0 Å². The number of methoxy groups -OCH3 is 2. The second-order valence-corrected chi connectivity index (χ2v) is 9.15. The van der Waals surface area contributed by atoms with Gasteiger partial charge in [-0.1, -0.05) is 48.5 Å². The second-order valence-electron chi connectivity index (χ2n) is 9.15. The Morgan fingerprint density at radius 1 is 0.949 bits per heavy atom. The van der Waals surface area contributed by atoms with E-state index in [1.54, 1.807) is 34.9 Å². The Kier molecular flexibility index (Phi) is 8.24. The van der Waals surface area contributed by atoms with Crippen LogP contribution in [-0.4, -0.2) is 36.9 Å². The molecule has 3 aromatic carbocycles. The number of benzene rings is 3. The predicted molar refractivity (Wildman–Crippen MR) is 147 cm³/mol. The van der Waals surface area contributed by atoms with Crippen LogP contribution < -0.4 is 10.1 Å². The number of rotatable bonds is 9. The molecular formula is C31H29FN2O5. The van der Waals surface area contributed by atoms with Crippen molar-refractivity contribution >= 4 is 18.2 Å². The molecule has 1 amide bonds. The smallest absolute Gasteiger partial charge is 0.341 e. The van der Waals surface area contributed by atoms with E-state index < -0.39 is 17.7 Å². The molecule has 39 heavy (non-hydrogen) atoms. The quantitative estimate of drug-likeness (QED) is 0.210. The molecule has 0 spiro atoms. The number of ether oxygens (including phenoxy) is 2. The van der Waals surface area contributed by atoms with Gasteiger partial charge in [0.1, 0.15) is 22.8 Å². The first-order chi connectivity index (χ1) is 18.8. The molecule has 4 rings (SSSR count).